The maximum absolute atomic E-state index is 12.2. The van der Waals surface area contributed by atoms with Gasteiger partial charge in [-0.05, 0) is 43.4 Å². The van der Waals surface area contributed by atoms with Crippen molar-refractivity contribution in [2.24, 2.45) is 11.8 Å². The van der Waals surface area contributed by atoms with Crippen molar-refractivity contribution < 1.29 is 23.8 Å². The van der Waals surface area contributed by atoms with Crippen molar-refractivity contribution in [2.75, 3.05) is 20.3 Å². The van der Waals surface area contributed by atoms with Crippen molar-refractivity contribution in [1.29, 1.82) is 0 Å². The lowest BCUT2D eigenvalue weighted by Gasteiger charge is -2.34. The van der Waals surface area contributed by atoms with E-state index < -0.39 is 5.97 Å². The fourth-order valence-corrected chi connectivity index (χ4v) is 3.32. The molecule has 0 spiro atoms. The molecule has 1 aromatic carbocycles. The molecule has 2 rings (SSSR count). The molecule has 0 bridgehead atoms. The van der Waals surface area contributed by atoms with E-state index in [1.54, 1.807) is 18.2 Å². The molecule has 3 atom stereocenters. The molecular formula is C20H29NO5. The Labute approximate surface area is 155 Å². The van der Waals surface area contributed by atoms with Gasteiger partial charge in [0.2, 0.25) is 0 Å². The summed E-state index contributed by atoms with van der Waals surface area (Å²) in [4.78, 5) is 24.4. The fourth-order valence-electron chi connectivity index (χ4n) is 3.32. The van der Waals surface area contributed by atoms with Gasteiger partial charge >= 0.3 is 5.97 Å². The zero-order valence-corrected chi connectivity index (χ0v) is 16.0. The lowest BCUT2D eigenvalue weighted by molar-refractivity contribution is -0.125. The number of hydrogen-bond donors (Lipinski definition) is 1. The van der Waals surface area contributed by atoms with Gasteiger partial charge in [-0.3, -0.25) is 4.79 Å². The SMILES string of the molecule is CCOc1cc(C(=O)OCC(=O)NC2CCCC(C)C2C)ccc1OC. The van der Waals surface area contributed by atoms with Crippen LogP contribution in [0, 0.1) is 11.8 Å². The Bertz CT molecular complexity index is 631. The molecule has 1 aromatic rings. The van der Waals surface area contributed by atoms with E-state index in [4.69, 9.17) is 14.2 Å². The van der Waals surface area contributed by atoms with Gasteiger partial charge in [-0.25, -0.2) is 4.79 Å². The summed E-state index contributed by atoms with van der Waals surface area (Å²) in [5, 5.41) is 2.99. The third kappa shape index (κ3) is 5.13. The second-order valence-electron chi connectivity index (χ2n) is 6.82. The number of amides is 1. The minimum Gasteiger partial charge on any atom is -0.493 e. The van der Waals surface area contributed by atoms with Gasteiger partial charge in [0.15, 0.2) is 18.1 Å². The van der Waals surface area contributed by atoms with Gasteiger partial charge in [-0.1, -0.05) is 26.7 Å². The average Bonchev–Trinajstić information content (AvgIpc) is 2.63. The van der Waals surface area contributed by atoms with E-state index in [2.05, 4.69) is 19.2 Å². The zero-order chi connectivity index (χ0) is 19.1. The zero-order valence-electron chi connectivity index (χ0n) is 16.0. The normalized spacial score (nSPS) is 22.4. The van der Waals surface area contributed by atoms with Gasteiger partial charge in [0.1, 0.15) is 0 Å². The number of rotatable bonds is 7. The Hall–Kier alpha value is -2.24. The molecule has 0 aromatic heterocycles. The quantitative estimate of drug-likeness (QED) is 0.753. The Morgan fingerprint density at radius 2 is 1.96 bits per heavy atom. The first-order valence-corrected chi connectivity index (χ1v) is 9.23. The van der Waals surface area contributed by atoms with Crippen LogP contribution in [0.4, 0.5) is 0 Å². The lowest BCUT2D eigenvalue weighted by atomic mass is 9.78. The molecule has 3 unspecified atom stereocenters. The monoisotopic (exact) mass is 363 g/mol. The van der Waals surface area contributed by atoms with Crippen LogP contribution in [0.3, 0.4) is 0 Å². The molecule has 1 amide bonds. The second-order valence-corrected chi connectivity index (χ2v) is 6.82. The number of carbonyl (C=O) groups is 2. The molecule has 0 radical (unpaired) electrons. The molecule has 1 saturated carbocycles. The topological polar surface area (TPSA) is 73.9 Å². The number of methoxy groups -OCH3 is 1. The summed E-state index contributed by atoms with van der Waals surface area (Å²) in [5.74, 6) is 1.21. The van der Waals surface area contributed by atoms with Gasteiger partial charge in [0.05, 0.1) is 19.3 Å². The second kappa shape index (κ2) is 9.46. The smallest absolute Gasteiger partial charge is 0.338 e. The molecule has 1 N–H and O–H groups in total. The highest BCUT2D eigenvalue weighted by Gasteiger charge is 2.28. The molecule has 6 heteroatoms. The Morgan fingerprint density at radius 3 is 2.65 bits per heavy atom. The van der Waals surface area contributed by atoms with E-state index in [0.29, 0.717) is 35.5 Å². The minimum absolute atomic E-state index is 0.149. The average molecular weight is 363 g/mol. The van der Waals surface area contributed by atoms with Crippen LogP contribution < -0.4 is 14.8 Å². The highest BCUT2D eigenvalue weighted by atomic mass is 16.5. The predicted octanol–water partition coefficient (Wildman–Crippen LogP) is 3.19. The molecule has 0 heterocycles. The fraction of sp³-hybridized carbons (Fsp3) is 0.600. The maximum atomic E-state index is 12.2. The number of benzene rings is 1. The van der Waals surface area contributed by atoms with Crippen molar-refractivity contribution in [2.45, 2.75) is 46.1 Å². The Kier molecular flexibility index (Phi) is 7.30. The predicted molar refractivity (Wildman–Crippen MR) is 98.6 cm³/mol. The van der Waals surface area contributed by atoms with Gasteiger partial charge in [0, 0.05) is 6.04 Å². The van der Waals surface area contributed by atoms with Crippen LogP contribution in [-0.4, -0.2) is 38.2 Å². The van der Waals surface area contributed by atoms with Crippen LogP contribution in [0.5, 0.6) is 11.5 Å². The van der Waals surface area contributed by atoms with E-state index in [9.17, 15) is 9.59 Å². The van der Waals surface area contributed by atoms with Crippen molar-refractivity contribution in [3.63, 3.8) is 0 Å². The Balaban J connectivity index is 1.89. The number of nitrogens with one attached hydrogen (secondary N) is 1. The highest BCUT2D eigenvalue weighted by Crippen LogP contribution is 2.30. The summed E-state index contributed by atoms with van der Waals surface area (Å²) < 4.78 is 15.8. The number of hydrogen-bond acceptors (Lipinski definition) is 5. The third-order valence-electron chi connectivity index (χ3n) is 5.09. The molecule has 0 aliphatic heterocycles. The molecule has 26 heavy (non-hydrogen) atoms. The van der Waals surface area contributed by atoms with E-state index >= 15 is 0 Å². The van der Waals surface area contributed by atoms with Crippen LogP contribution in [0.15, 0.2) is 18.2 Å². The number of ether oxygens (including phenoxy) is 3. The van der Waals surface area contributed by atoms with Crippen molar-refractivity contribution in [1.82, 2.24) is 5.32 Å². The van der Waals surface area contributed by atoms with Crippen LogP contribution >= 0.6 is 0 Å². The number of carbonyl (C=O) groups excluding carboxylic acids is 2. The molecule has 1 aliphatic rings. The number of esters is 1. The molecule has 6 nitrogen and oxygen atoms in total. The summed E-state index contributed by atoms with van der Waals surface area (Å²) in [6, 6.07) is 4.95. The Morgan fingerprint density at radius 1 is 1.19 bits per heavy atom. The summed E-state index contributed by atoms with van der Waals surface area (Å²) >= 11 is 0. The van der Waals surface area contributed by atoms with Gasteiger partial charge in [-0.2, -0.15) is 0 Å². The first kappa shape index (κ1) is 20.1. The highest BCUT2D eigenvalue weighted by molar-refractivity contribution is 5.92. The van der Waals surface area contributed by atoms with E-state index in [-0.39, 0.29) is 18.6 Å². The van der Waals surface area contributed by atoms with E-state index in [1.165, 1.54) is 13.5 Å². The molecule has 1 fully saturated rings. The minimum atomic E-state index is -0.561. The van der Waals surface area contributed by atoms with Crippen LogP contribution in [0.25, 0.3) is 0 Å². The molecular weight excluding hydrogens is 334 g/mol. The maximum Gasteiger partial charge on any atom is 0.338 e. The molecule has 1 aliphatic carbocycles. The molecule has 144 valence electrons. The summed E-state index contributed by atoms with van der Waals surface area (Å²) in [6.07, 6.45) is 3.28. The molecule has 0 saturated heterocycles. The van der Waals surface area contributed by atoms with Gasteiger partial charge < -0.3 is 19.5 Å². The van der Waals surface area contributed by atoms with Gasteiger partial charge in [-0.15, -0.1) is 0 Å². The van der Waals surface area contributed by atoms with Crippen LogP contribution in [-0.2, 0) is 9.53 Å². The van der Waals surface area contributed by atoms with Crippen molar-refractivity contribution >= 4 is 11.9 Å². The van der Waals surface area contributed by atoms with Gasteiger partial charge in [0.25, 0.3) is 5.91 Å². The lowest BCUT2D eigenvalue weighted by Crippen LogP contribution is -2.45. The van der Waals surface area contributed by atoms with Crippen LogP contribution in [0.1, 0.15) is 50.4 Å². The summed E-state index contributed by atoms with van der Waals surface area (Å²) in [7, 11) is 1.54. The van der Waals surface area contributed by atoms with E-state index in [1.807, 2.05) is 6.92 Å². The standard InChI is InChI=1S/C20H29NO5/c1-5-25-18-11-15(9-10-17(18)24-4)20(23)26-12-19(22)21-16-8-6-7-13(2)14(16)3/h9-11,13-14,16H,5-8,12H2,1-4H3,(H,21,22). The van der Waals surface area contributed by atoms with Crippen molar-refractivity contribution in [3.05, 3.63) is 23.8 Å². The summed E-state index contributed by atoms with van der Waals surface area (Å²) in [5.41, 5.74) is 0.321. The van der Waals surface area contributed by atoms with Crippen LogP contribution in [0.2, 0.25) is 0 Å². The summed E-state index contributed by atoms with van der Waals surface area (Å²) in [6.45, 7) is 6.39. The largest absolute Gasteiger partial charge is 0.493 e. The first-order chi connectivity index (χ1) is 12.5. The third-order valence-corrected chi connectivity index (χ3v) is 5.09. The first-order valence-electron chi connectivity index (χ1n) is 9.23. The van der Waals surface area contributed by atoms with Crippen molar-refractivity contribution in [3.8, 4) is 11.5 Å². The van der Waals surface area contributed by atoms with E-state index in [0.717, 1.165) is 12.8 Å².